The Labute approximate surface area is 192 Å². The van der Waals surface area contributed by atoms with E-state index in [1.54, 1.807) is 0 Å². The van der Waals surface area contributed by atoms with Gasteiger partial charge in [-0.15, -0.1) is 0 Å². The van der Waals surface area contributed by atoms with Gasteiger partial charge < -0.3 is 31.5 Å². The summed E-state index contributed by atoms with van der Waals surface area (Å²) < 4.78 is 12.7. The summed E-state index contributed by atoms with van der Waals surface area (Å²) in [6, 6.07) is 6.34. The number of carbonyl (C=O) groups is 1. The van der Waals surface area contributed by atoms with Crippen LogP contribution >= 0.6 is 11.5 Å². The second kappa shape index (κ2) is 8.06. The van der Waals surface area contributed by atoms with Gasteiger partial charge in [-0.1, -0.05) is 0 Å². The first-order valence-electron chi connectivity index (χ1n) is 11.4. The Kier molecular flexibility index (Phi) is 5.57. The average Bonchev–Trinajstić information content (AvgIpc) is 3.66. The highest BCUT2D eigenvalue weighted by Gasteiger charge is 2.48. The van der Waals surface area contributed by atoms with Gasteiger partial charge in [0, 0.05) is 24.1 Å². The Morgan fingerprint density at radius 2 is 1.90 bits per heavy atom. The lowest BCUT2D eigenvalue weighted by Crippen LogP contribution is -3.00. The summed E-state index contributed by atoms with van der Waals surface area (Å²) in [5.74, 6) is 3.22. The molecule has 5 aliphatic rings. The van der Waals surface area contributed by atoms with Crippen molar-refractivity contribution in [1.29, 1.82) is 0 Å². The maximum Gasteiger partial charge on any atom is 0.272 e. The second-order valence-electron chi connectivity index (χ2n) is 9.96. The van der Waals surface area contributed by atoms with Gasteiger partial charge in [0.1, 0.15) is 11.4 Å². The summed E-state index contributed by atoms with van der Waals surface area (Å²) in [4.78, 5) is 13.1. The van der Waals surface area contributed by atoms with Gasteiger partial charge in [-0.3, -0.25) is 4.79 Å². The summed E-state index contributed by atoms with van der Waals surface area (Å²) in [5.41, 5.74) is 0.587. The molecule has 0 spiro atoms. The van der Waals surface area contributed by atoms with Crippen LogP contribution in [0, 0.1) is 17.8 Å². The highest BCUT2D eigenvalue weighted by Crippen LogP contribution is 2.40. The lowest BCUT2D eigenvalue weighted by Gasteiger charge is -2.53. The van der Waals surface area contributed by atoms with Crippen molar-refractivity contribution in [3.05, 3.63) is 23.9 Å². The van der Waals surface area contributed by atoms with Crippen LogP contribution in [0.25, 0.3) is 10.1 Å². The van der Waals surface area contributed by atoms with E-state index < -0.39 is 0 Å². The predicted molar refractivity (Wildman–Crippen MR) is 114 cm³/mol. The fourth-order valence-corrected chi connectivity index (χ4v) is 6.27. The summed E-state index contributed by atoms with van der Waals surface area (Å²) in [6.45, 7) is 5.89. The number of quaternary nitrogens is 1. The van der Waals surface area contributed by atoms with Crippen LogP contribution in [0.1, 0.15) is 49.0 Å². The van der Waals surface area contributed by atoms with Crippen molar-refractivity contribution in [2.75, 3.05) is 32.8 Å². The molecule has 2 aliphatic carbocycles. The normalized spacial score (nSPS) is 30.1. The number of halogens is 1. The van der Waals surface area contributed by atoms with Crippen LogP contribution in [0.4, 0.5) is 0 Å². The molecule has 30 heavy (non-hydrogen) atoms. The van der Waals surface area contributed by atoms with Gasteiger partial charge >= 0.3 is 0 Å². The summed E-state index contributed by atoms with van der Waals surface area (Å²) in [6.07, 6.45) is 7.93. The van der Waals surface area contributed by atoms with E-state index in [-0.39, 0.29) is 22.9 Å². The van der Waals surface area contributed by atoms with Crippen molar-refractivity contribution in [3.63, 3.8) is 0 Å². The maximum absolute atomic E-state index is 13.1. The number of hydrogen-bond donors (Lipinski definition) is 1. The molecule has 162 valence electrons. The average molecular weight is 492 g/mol. The quantitative estimate of drug-likeness (QED) is 0.583. The number of piperidine rings is 3. The maximum atomic E-state index is 13.1. The smallest absolute Gasteiger partial charge is 0.272 e. The molecule has 5 fully saturated rings. The van der Waals surface area contributed by atoms with E-state index in [1.165, 1.54) is 74.2 Å². The molecule has 3 aliphatic heterocycles. The standard InChI is InChI=1S/C23H29N3O2S.BrH/c27-23(24-20-13-26(12-15-1-2-15)9-7-17(20)8-10-26)22-19-6-5-18(11-21(19)29-25-22)28-14-16-3-4-16;/h5-6,11,15-17,20H,1-4,7-10,12-14H2;1H/t17?,20-,26?;/m1./s1. The number of hydrogen-bond acceptors (Lipinski definition) is 4. The van der Waals surface area contributed by atoms with Crippen LogP contribution < -0.4 is 27.0 Å². The van der Waals surface area contributed by atoms with Crippen molar-refractivity contribution in [3.8, 4) is 5.75 Å². The van der Waals surface area contributed by atoms with Gasteiger partial charge in [0.2, 0.25) is 0 Å². The van der Waals surface area contributed by atoms with Crippen molar-refractivity contribution in [2.45, 2.75) is 44.6 Å². The molecule has 2 bridgehead atoms. The Morgan fingerprint density at radius 3 is 2.63 bits per heavy atom. The van der Waals surface area contributed by atoms with Gasteiger partial charge in [-0.25, -0.2) is 0 Å². The minimum absolute atomic E-state index is 0. The van der Waals surface area contributed by atoms with Crippen LogP contribution in [0.2, 0.25) is 0 Å². The van der Waals surface area contributed by atoms with Gasteiger partial charge in [-0.05, 0) is 67.3 Å². The third kappa shape index (κ3) is 4.13. The number of amides is 1. The molecular formula is C23H30BrN3O2S. The number of aromatic nitrogens is 1. The van der Waals surface area contributed by atoms with Crippen LogP contribution in [0.5, 0.6) is 5.75 Å². The fraction of sp³-hybridized carbons (Fsp3) is 0.652. The monoisotopic (exact) mass is 491 g/mol. The first kappa shape index (κ1) is 20.7. The molecule has 1 aromatic carbocycles. The lowest BCUT2D eigenvalue weighted by molar-refractivity contribution is -0.945. The highest BCUT2D eigenvalue weighted by molar-refractivity contribution is 7.13. The van der Waals surface area contributed by atoms with E-state index >= 15 is 0 Å². The van der Waals surface area contributed by atoms with E-state index in [0.29, 0.717) is 17.7 Å². The fourth-order valence-electron chi connectivity index (χ4n) is 5.46. The van der Waals surface area contributed by atoms with E-state index in [9.17, 15) is 4.79 Å². The van der Waals surface area contributed by atoms with Crippen LogP contribution in [0.3, 0.4) is 0 Å². The molecule has 7 heteroatoms. The number of nitrogens with one attached hydrogen (secondary N) is 1. The molecule has 0 radical (unpaired) electrons. The molecule has 7 rings (SSSR count). The van der Waals surface area contributed by atoms with Crippen molar-refractivity contribution in [1.82, 2.24) is 9.69 Å². The molecule has 3 saturated heterocycles. The van der Waals surface area contributed by atoms with Crippen LogP contribution in [0.15, 0.2) is 18.2 Å². The molecule has 5 nitrogen and oxygen atoms in total. The zero-order valence-electron chi connectivity index (χ0n) is 17.3. The predicted octanol–water partition coefficient (Wildman–Crippen LogP) is 0.838. The zero-order chi connectivity index (χ0) is 19.4. The molecule has 0 unspecified atom stereocenters. The van der Waals surface area contributed by atoms with E-state index in [1.807, 2.05) is 18.2 Å². The minimum atomic E-state index is 0. The number of nitrogens with zero attached hydrogens (tertiary/aromatic N) is 2. The Morgan fingerprint density at radius 1 is 1.13 bits per heavy atom. The van der Waals surface area contributed by atoms with Crippen molar-refractivity contribution >= 4 is 27.5 Å². The second-order valence-corrected chi connectivity index (χ2v) is 10.8. The zero-order valence-corrected chi connectivity index (χ0v) is 19.7. The summed E-state index contributed by atoms with van der Waals surface area (Å²) >= 11 is 1.40. The third-order valence-electron chi connectivity index (χ3n) is 7.60. The third-order valence-corrected chi connectivity index (χ3v) is 8.41. The summed E-state index contributed by atoms with van der Waals surface area (Å²) in [7, 11) is 0. The molecule has 4 heterocycles. The Bertz CT molecular complexity index is 932. The van der Waals surface area contributed by atoms with E-state index in [2.05, 4.69) is 9.69 Å². The van der Waals surface area contributed by atoms with Crippen LogP contribution in [-0.4, -0.2) is 53.6 Å². The number of fused-ring (bicyclic) bond motifs is 4. The molecule has 1 aromatic heterocycles. The van der Waals surface area contributed by atoms with Crippen molar-refractivity contribution < 1.29 is 31.0 Å². The largest absolute Gasteiger partial charge is 1.00 e. The first-order chi connectivity index (χ1) is 14.2. The topological polar surface area (TPSA) is 51.2 Å². The number of carbonyl (C=O) groups excluding carboxylic acids is 1. The minimum Gasteiger partial charge on any atom is -1.00 e. The molecule has 1 atom stereocenters. The highest BCUT2D eigenvalue weighted by atomic mass is 79.9. The number of rotatable bonds is 7. The number of benzene rings is 1. The molecule has 2 aromatic rings. The van der Waals surface area contributed by atoms with Gasteiger partial charge in [0.15, 0.2) is 0 Å². The van der Waals surface area contributed by atoms with Crippen LogP contribution in [-0.2, 0) is 0 Å². The lowest BCUT2D eigenvalue weighted by atomic mass is 9.81. The first-order valence-corrected chi connectivity index (χ1v) is 12.1. The molecule has 2 saturated carbocycles. The number of ether oxygens (including phenoxy) is 1. The van der Waals surface area contributed by atoms with Gasteiger partial charge in [-0.2, -0.15) is 4.37 Å². The van der Waals surface area contributed by atoms with E-state index in [0.717, 1.165) is 40.8 Å². The molecule has 1 N–H and O–H groups in total. The molecule has 1 amide bonds. The Hall–Kier alpha value is -1.18. The molecular weight excluding hydrogens is 462 g/mol. The van der Waals surface area contributed by atoms with Gasteiger partial charge in [0.25, 0.3) is 5.91 Å². The van der Waals surface area contributed by atoms with Gasteiger partial charge in [0.05, 0.1) is 43.5 Å². The van der Waals surface area contributed by atoms with E-state index in [4.69, 9.17) is 4.74 Å². The SMILES string of the molecule is O=C(N[C@@H]1C[N+]2(CC3CC3)CCC1CC2)c1nsc2cc(OCC3CC3)ccc12.[Br-]. The Balaban J connectivity index is 0.00000193. The summed E-state index contributed by atoms with van der Waals surface area (Å²) in [5, 5.41) is 4.34. The van der Waals surface area contributed by atoms with Crippen molar-refractivity contribution in [2.24, 2.45) is 17.8 Å².